The van der Waals surface area contributed by atoms with Crippen LogP contribution in [-0.4, -0.2) is 35.4 Å². The summed E-state index contributed by atoms with van der Waals surface area (Å²) in [6, 6.07) is 11.8. The van der Waals surface area contributed by atoms with Crippen LogP contribution in [0, 0.1) is 19.8 Å². The number of benzene rings is 1. The second-order valence-corrected chi connectivity index (χ2v) is 6.91. The summed E-state index contributed by atoms with van der Waals surface area (Å²) in [4.78, 5) is 29.1. The maximum atomic E-state index is 12.2. The first kappa shape index (κ1) is 17.4. The summed E-state index contributed by atoms with van der Waals surface area (Å²) in [6.07, 6.45) is 1.07. The van der Waals surface area contributed by atoms with Crippen molar-refractivity contribution in [2.45, 2.75) is 26.8 Å². The molecule has 0 saturated carbocycles. The molecule has 5 nitrogen and oxygen atoms in total. The maximum absolute atomic E-state index is 12.2. The molecular weight excluding hydrogens is 314 g/mol. The average molecular weight is 339 g/mol. The molecule has 1 atom stereocenters. The largest absolute Gasteiger partial charge is 0.352 e. The fourth-order valence-corrected chi connectivity index (χ4v) is 3.33. The van der Waals surface area contributed by atoms with Gasteiger partial charge >= 0.3 is 0 Å². The molecule has 132 valence electrons. The van der Waals surface area contributed by atoms with Crippen LogP contribution in [-0.2, 0) is 6.54 Å². The van der Waals surface area contributed by atoms with Crippen molar-refractivity contribution in [3.63, 3.8) is 0 Å². The van der Waals surface area contributed by atoms with E-state index in [0.717, 1.165) is 31.7 Å². The van der Waals surface area contributed by atoms with Crippen LogP contribution < -0.4 is 10.9 Å². The number of hydrogen-bond acceptors (Lipinski definition) is 3. The number of aromatic amines is 1. The SMILES string of the molecule is Cc1ccc(C(=O)NCC2CCN(Cc3ccccc3C)C2)c(=O)[nH]1. The van der Waals surface area contributed by atoms with Crippen LogP contribution in [0.4, 0.5) is 0 Å². The summed E-state index contributed by atoms with van der Waals surface area (Å²) >= 11 is 0. The lowest BCUT2D eigenvalue weighted by molar-refractivity contribution is 0.0945. The molecule has 1 aliphatic heterocycles. The Bertz CT molecular complexity index is 813. The predicted molar refractivity (Wildman–Crippen MR) is 98.7 cm³/mol. The van der Waals surface area contributed by atoms with Gasteiger partial charge in [-0.3, -0.25) is 14.5 Å². The molecule has 25 heavy (non-hydrogen) atoms. The summed E-state index contributed by atoms with van der Waals surface area (Å²) in [7, 11) is 0. The lowest BCUT2D eigenvalue weighted by Gasteiger charge is -2.17. The Hall–Kier alpha value is -2.40. The number of likely N-dealkylation sites (tertiary alicyclic amines) is 1. The number of hydrogen-bond donors (Lipinski definition) is 2. The fourth-order valence-electron chi connectivity index (χ4n) is 3.33. The number of aryl methyl sites for hydroxylation is 2. The highest BCUT2D eigenvalue weighted by Gasteiger charge is 2.23. The highest BCUT2D eigenvalue weighted by Crippen LogP contribution is 2.19. The van der Waals surface area contributed by atoms with Gasteiger partial charge in [-0.25, -0.2) is 0 Å². The average Bonchev–Trinajstić information content (AvgIpc) is 3.02. The molecule has 1 amide bonds. The molecule has 2 heterocycles. The summed E-state index contributed by atoms with van der Waals surface area (Å²) in [6.45, 7) is 7.51. The quantitative estimate of drug-likeness (QED) is 0.878. The zero-order chi connectivity index (χ0) is 17.8. The van der Waals surface area contributed by atoms with Gasteiger partial charge in [0.2, 0.25) is 0 Å². The van der Waals surface area contributed by atoms with Gasteiger partial charge in [0.05, 0.1) is 0 Å². The Kier molecular flexibility index (Phi) is 5.34. The number of nitrogens with zero attached hydrogens (tertiary/aromatic N) is 1. The molecule has 1 aromatic carbocycles. The number of nitrogens with one attached hydrogen (secondary N) is 2. The zero-order valence-corrected chi connectivity index (χ0v) is 14.8. The van der Waals surface area contributed by atoms with E-state index in [0.29, 0.717) is 12.5 Å². The first-order valence-electron chi connectivity index (χ1n) is 8.78. The molecule has 1 saturated heterocycles. The maximum Gasteiger partial charge on any atom is 0.260 e. The molecule has 1 unspecified atom stereocenters. The molecule has 2 aromatic rings. The Morgan fingerprint density at radius 1 is 1.24 bits per heavy atom. The number of H-pyrrole nitrogens is 1. The van der Waals surface area contributed by atoms with Gasteiger partial charge in [0.1, 0.15) is 5.56 Å². The van der Waals surface area contributed by atoms with E-state index in [-0.39, 0.29) is 17.0 Å². The van der Waals surface area contributed by atoms with E-state index in [2.05, 4.69) is 46.4 Å². The van der Waals surface area contributed by atoms with Crippen molar-refractivity contribution >= 4 is 5.91 Å². The Morgan fingerprint density at radius 2 is 2.04 bits per heavy atom. The monoisotopic (exact) mass is 339 g/mol. The van der Waals surface area contributed by atoms with Crippen LogP contribution in [0.15, 0.2) is 41.2 Å². The van der Waals surface area contributed by atoms with E-state index in [1.807, 2.05) is 0 Å². The third kappa shape index (κ3) is 4.37. The Morgan fingerprint density at radius 3 is 2.80 bits per heavy atom. The minimum atomic E-state index is -0.329. The second kappa shape index (κ2) is 7.66. The van der Waals surface area contributed by atoms with Gasteiger partial charge in [0.25, 0.3) is 11.5 Å². The third-order valence-corrected chi connectivity index (χ3v) is 4.88. The number of carbonyl (C=O) groups excluding carboxylic acids is 1. The lowest BCUT2D eigenvalue weighted by atomic mass is 10.1. The second-order valence-electron chi connectivity index (χ2n) is 6.91. The van der Waals surface area contributed by atoms with Crippen molar-refractivity contribution in [2.24, 2.45) is 5.92 Å². The molecular formula is C20H25N3O2. The van der Waals surface area contributed by atoms with Crippen molar-refractivity contribution in [1.29, 1.82) is 0 Å². The van der Waals surface area contributed by atoms with Crippen molar-refractivity contribution in [3.05, 3.63) is 69.1 Å². The number of rotatable bonds is 5. The number of aromatic nitrogens is 1. The zero-order valence-electron chi connectivity index (χ0n) is 14.8. The van der Waals surface area contributed by atoms with E-state index in [1.54, 1.807) is 19.1 Å². The molecule has 0 aliphatic carbocycles. The normalized spacial score (nSPS) is 17.6. The lowest BCUT2D eigenvalue weighted by Crippen LogP contribution is -2.34. The summed E-state index contributed by atoms with van der Waals surface area (Å²) in [5.74, 6) is 0.135. The molecule has 1 aromatic heterocycles. The molecule has 2 N–H and O–H groups in total. The van der Waals surface area contributed by atoms with E-state index in [1.165, 1.54) is 11.1 Å². The standard InChI is InChI=1S/C20H25N3O2/c1-14-5-3-4-6-17(14)13-23-10-9-16(12-23)11-21-19(24)18-8-7-15(2)22-20(18)25/h3-8,16H,9-13H2,1-2H3,(H,21,24)(H,22,25). The van der Waals surface area contributed by atoms with E-state index in [9.17, 15) is 9.59 Å². The van der Waals surface area contributed by atoms with Gasteiger partial charge in [-0.2, -0.15) is 0 Å². The van der Waals surface area contributed by atoms with Crippen LogP contribution in [0.1, 0.15) is 33.6 Å². The molecule has 3 rings (SSSR count). The van der Waals surface area contributed by atoms with Crippen LogP contribution in [0.25, 0.3) is 0 Å². The van der Waals surface area contributed by atoms with Gasteiger partial charge in [-0.05, 0) is 56.0 Å². The molecule has 1 fully saturated rings. The minimum Gasteiger partial charge on any atom is -0.352 e. The van der Waals surface area contributed by atoms with Gasteiger partial charge in [0.15, 0.2) is 0 Å². The first-order chi connectivity index (χ1) is 12.0. The van der Waals surface area contributed by atoms with Gasteiger partial charge in [0, 0.05) is 25.3 Å². The van der Waals surface area contributed by atoms with Crippen molar-refractivity contribution in [1.82, 2.24) is 15.2 Å². The summed E-state index contributed by atoms with van der Waals surface area (Å²) in [5, 5.41) is 2.91. The molecule has 0 spiro atoms. The third-order valence-electron chi connectivity index (χ3n) is 4.88. The van der Waals surface area contributed by atoms with Crippen LogP contribution in [0.2, 0.25) is 0 Å². The highest BCUT2D eigenvalue weighted by molar-refractivity contribution is 5.93. The topological polar surface area (TPSA) is 65.2 Å². The van der Waals surface area contributed by atoms with E-state index >= 15 is 0 Å². The smallest absolute Gasteiger partial charge is 0.260 e. The van der Waals surface area contributed by atoms with Crippen molar-refractivity contribution < 1.29 is 4.79 Å². The number of amides is 1. The molecule has 1 aliphatic rings. The van der Waals surface area contributed by atoms with Gasteiger partial charge in [-0.1, -0.05) is 24.3 Å². The Balaban J connectivity index is 1.51. The van der Waals surface area contributed by atoms with Crippen LogP contribution in [0.5, 0.6) is 0 Å². The van der Waals surface area contributed by atoms with Gasteiger partial charge in [-0.15, -0.1) is 0 Å². The molecule has 5 heteroatoms. The van der Waals surface area contributed by atoms with E-state index < -0.39 is 0 Å². The van der Waals surface area contributed by atoms with Crippen molar-refractivity contribution in [3.8, 4) is 0 Å². The molecule has 0 bridgehead atoms. The predicted octanol–water partition coefficient (Wildman–Crippen LogP) is 2.24. The van der Waals surface area contributed by atoms with Gasteiger partial charge < -0.3 is 10.3 Å². The molecule has 0 radical (unpaired) electrons. The van der Waals surface area contributed by atoms with Crippen LogP contribution in [0.3, 0.4) is 0 Å². The Labute approximate surface area is 148 Å². The highest BCUT2D eigenvalue weighted by atomic mass is 16.2. The van der Waals surface area contributed by atoms with Crippen molar-refractivity contribution in [2.75, 3.05) is 19.6 Å². The van der Waals surface area contributed by atoms with Crippen LogP contribution >= 0.6 is 0 Å². The summed E-state index contributed by atoms with van der Waals surface area (Å²) < 4.78 is 0. The minimum absolute atomic E-state index is 0.181. The fraction of sp³-hybridized carbons (Fsp3) is 0.400. The summed E-state index contributed by atoms with van der Waals surface area (Å²) in [5.41, 5.74) is 3.28. The first-order valence-corrected chi connectivity index (χ1v) is 8.78. The van der Waals surface area contributed by atoms with E-state index in [4.69, 9.17) is 0 Å². The number of pyridine rings is 1. The number of carbonyl (C=O) groups is 1.